The van der Waals surface area contributed by atoms with Gasteiger partial charge in [-0.2, -0.15) is 4.31 Å². The van der Waals surface area contributed by atoms with Gasteiger partial charge in [-0.3, -0.25) is 4.79 Å². The third-order valence-corrected chi connectivity index (χ3v) is 6.85. The molecule has 0 bridgehead atoms. The first-order chi connectivity index (χ1) is 14.9. The molecule has 1 amide bonds. The predicted molar refractivity (Wildman–Crippen MR) is 116 cm³/mol. The molecule has 0 N–H and O–H groups in total. The Labute approximate surface area is 183 Å². The van der Waals surface area contributed by atoms with Crippen molar-refractivity contribution in [3.63, 3.8) is 0 Å². The van der Waals surface area contributed by atoms with Gasteiger partial charge in [0.1, 0.15) is 11.5 Å². The van der Waals surface area contributed by atoms with Gasteiger partial charge >= 0.3 is 0 Å². The molecule has 168 valence electrons. The summed E-state index contributed by atoms with van der Waals surface area (Å²) < 4.78 is 43.6. The first-order valence-corrected chi connectivity index (χ1v) is 11.5. The zero-order chi connectivity index (χ0) is 22.4. The molecule has 31 heavy (non-hydrogen) atoms. The fourth-order valence-electron chi connectivity index (χ4n) is 3.33. The Hall–Kier alpha value is -2.62. The van der Waals surface area contributed by atoms with Gasteiger partial charge in [-0.25, -0.2) is 8.42 Å². The van der Waals surface area contributed by atoms with Crippen LogP contribution in [-0.2, 0) is 21.3 Å². The van der Waals surface area contributed by atoms with Crippen LogP contribution in [0.2, 0.25) is 0 Å². The highest BCUT2D eigenvalue weighted by atomic mass is 32.2. The highest BCUT2D eigenvalue weighted by Crippen LogP contribution is 2.26. The minimum atomic E-state index is -3.82. The number of benzene rings is 2. The summed E-state index contributed by atoms with van der Waals surface area (Å²) in [5, 5.41) is 0. The summed E-state index contributed by atoms with van der Waals surface area (Å²) in [6.07, 6.45) is 0. The first kappa shape index (κ1) is 23.1. The second-order valence-electron chi connectivity index (χ2n) is 7.10. The van der Waals surface area contributed by atoms with E-state index in [2.05, 4.69) is 0 Å². The van der Waals surface area contributed by atoms with Gasteiger partial charge in [-0.05, 0) is 42.8 Å². The quantitative estimate of drug-likeness (QED) is 0.617. The van der Waals surface area contributed by atoms with Gasteiger partial charge in [0, 0.05) is 26.7 Å². The summed E-state index contributed by atoms with van der Waals surface area (Å²) in [6, 6.07) is 11.7. The van der Waals surface area contributed by atoms with Crippen molar-refractivity contribution < 1.29 is 27.4 Å². The summed E-state index contributed by atoms with van der Waals surface area (Å²) in [6.45, 7) is 4.48. The van der Waals surface area contributed by atoms with E-state index in [4.69, 9.17) is 14.2 Å². The SMILES string of the molecule is CCOc1ccc(CN(C)S(=O)(=O)c2ccc(OC)c(C(=O)N3CCOCC3)c2)cc1. The number of rotatable bonds is 8. The van der Waals surface area contributed by atoms with E-state index in [9.17, 15) is 13.2 Å². The van der Waals surface area contributed by atoms with E-state index in [1.54, 1.807) is 4.90 Å². The Bertz CT molecular complexity index is 1000. The molecule has 0 radical (unpaired) electrons. The van der Waals surface area contributed by atoms with Crippen LogP contribution in [-0.4, -0.2) is 70.6 Å². The van der Waals surface area contributed by atoms with Gasteiger partial charge in [0.2, 0.25) is 10.0 Å². The van der Waals surface area contributed by atoms with E-state index in [-0.39, 0.29) is 22.9 Å². The molecule has 8 nitrogen and oxygen atoms in total. The standard InChI is InChI=1S/C22H28N2O6S/c1-4-30-18-7-5-17(6-8-18)16-23(2)31(26,27)19-9-10-21(28-3)20(15-19)22(25)24-11-13-29-14-12-24/h5-10,15H,4,11-14,16H2,1-3H3. The molecule has 0 saturated carbocycles. The number of carbonyl (C=O) groups is 1. The first-order valence-electron chi connectivity index (χ1n) is 10.1. The van der Waals surface area contributed by atoms with Crippen LogP contribution >= 0.6 is 0 Å². The number of morpholine rings is 1. The smallest absolute Gasteiger partial charge is 0.257 e. The molecule has 0 aliphatic carbocycles. The van der Waals surface area contributed by atoms with Crippen LogP contribution in [0.5, 0.6) is 11.5 Å². The fourth-order valence-corrected chi connectivity index (χ4v) is 4.52. The lowest BCUT2D eigenvalue weighted by Crippen LogP contribution is -2.40. The van der Waals surface area contributed by atoms with Crippen LogP contribution in [0.15, 0.2) is 47.4 Å². The second kappa shape index (κ2) is 10.1. The molecule has 0 aromatic heterocycles. The summed E-state index contributed by atoms with van der Waals surface area (Å²) in [5.74, 6) is 0.800. The lowest BCUT2D eigenvalue weighted by atomic mass is 10.1. The third kappa shape index (κ3) is 5.36. The number of sulfonamides is 1. The Kier molecular flexibility index (Phi) is 7.53. The van der Waals surface area contributed by atoms with Gasteiger partial charge in [0.15, 0.2) is 0 Å². The van der Waals surface area contributed by atoms with Gasteiger partial charge in [-0.15, -0.1) is 0 Å². The van der Waals surface area contributed by atoms with Gasteiger partial charge in [-0.1, -0.05) is 12.1 Å². The van der Waals surface area contributed by atoms with Crippen LogP contribution in [0.4, 0.5) is 0 Å². The summed E-state index contributed by atoms with van der Waals surface area (Å²) >= 11 is 0. The molecule has 1 heterocycles. The number of carbonyl (C=O) groups excluding carboxylic acids is 1. The summed E-state index contributed by atoms with van der Waals surface area (Å²) in [7, 11) is -0.849. The van der Waals surface area contributed by atoms with Gasteiger partial charge in [0.05, 0.1) is 37.4 Å². The molecule has 1 saturated heterocycles. The lowest BCUT2D eigenvalue weighted by Gasteiger charge is -2.27. The number of methoxy groups -OCH3 is 1. The van der Waals surface area contributed by atoms with E-state index in [0.717, 1.165) is 11.3 Å². The maximum Gasteiger partial charge on any atom is 0.257 e. The van der Waals surface area contributed by atoms with E-state index in [1.807, 2.05) is 31.2 Å². The molecular weight excluding hydrogens is 420 g/mol. The Morgan fingerprint density at radius 3 is 2.42 bits per heavy atom. The number of hydrogen-bond donors (Lipinski definition) is 0. The normalized spacial score (nSPS) is 14.5. The molecule has 3 rings (SSSR count). The van der Waals surface area contributed by atoms with Crippen LogP contribution in [0.1, 0.15) is 22.8 Å². The van der Waals surface area contributed by atoms with Crippen molar-refractivity contribution in [3.05, 3.63) is 53.6 Å². The van der Waals surface area contributed by atoms with Crippen LogP contribution in [0, 0.1) is 0 Å². The second-order valence-corrected chi connectivity index (χ2v) is 9.15. The highest BCUT2D eigenvalue weighted by Gasteiger charge is 2.27. The van der Waals surface area contributed by atoms with Crippen molar-refractivity contribution in [2.75, 3.05) is 47.1 Å². The largest absolute Gasteiger partial charge is 0.496 e. The average Bonchev–Trinajstić information content (AvgIpc) is 2.80. The molecule has 0 atom stereocenters. The van der Waals surface area contributed by atoms with E-state index in [0.29, 0.717) is 38.7 Å². The Morgan fingerprint density at radius 2 is 1.81 bits per heavy atom. The Balaban J connectivity index is 1.83. The molecule has 2 aromatic carbocycles. The maximum atomic E-state index is 13.2. The van der Waals surface area contributed by atoms with Crippen LogP contribution < -0.4 is 9.47 Å². The maximum absolute atomic E-state index is 13.2. The van der Waals surface area contributed by atoms with Crippen molar-refractivity contribution in [1.82, 2.24) is 9.21 Å². The minimum absolute atomic E-state index is 0.0401. The van der Waals surface area contributed by atoms with E-state index in [1.165, 1.54) is 36.7 Å². The predicted octanol–water partition coefficient (Wildman–Crippen LogP) is 2.39. The number of ether oxygens (including phenoxy) is 3. The molecule has 1 aliphatic rings. The topological polar surface area (TPSA) is 85.4 Å². The number of hydrogen-bond acceptors (Lipinski definition) is 6. The van der Waals surface area contributed by atoms with Crippen molar-refractivity contribution >= 4 is 15.9 Å². The van der Waals surface area contributed by atoms with E-state index >= 15 is 0 Å². The monoisotopic (exact) mass is 448 g/mol. The fraction of sp³-hybridized carbons (Fsp3) is 0.409. The third-order valence-electron chi connectivity index (χ3n) is 5.05. The zero-order valence-corrected chi connectivity index (χ0v) is 18.9. The van der Waals surface area contributed by atoms with Gasteiger partial charge in [0.25, 0.3) is 5.91 Å². The van der Waals surface area contributed by atoms with Crippen molar-refractivity contribution in [1.29, 1.82) is 0 Å². The molecule has 9 heteroatoms. The minimum Gasteiger partial charge on any atom is -0.496 e. The summed E-state index contributed by atoms with van der Waals surface area (Å²) in [4.78, 5) is 14.7. The highest BCUT2D eigenvalue weighted by molar-refractivity contribution is 7.89. The summed E-state index contributed by atoms with van der Waals surface area (Å²) in [5.41, 5.74) is 1.05. The lowest BCUT2D eigenvalue weighted by molar-refractivity contribution is 0.0300. The number of nitrogens with zero attached hydrogens (tertiary/aromatic N) is 2. The number of amides is 1. The van der Waals surface area contributed by atoms with Crippen molar-refractivity contribution in [2.45, 2.75) is 18.4 Å². The molecular formula is C22H28N2O6S. The molecule has 2 aromatic rings. The van der Waals surface area contributed by atoms with Gasteiger partial charge < -0.3 is 19.1 Å². The van der Waals surface area contributed by atoms with Crippen LogP contribution in [0.3, 0.4) is 0 Å². The Morgan fingerprint density at radius 1 is 1.13 bits per heavy atom. The molecule has 0 spiro atoms. The van der Waals surface area contributed by atoms with Crippen LogP contribution in [0.25, 0.3) is 0 Å². The average molecular weight is 449 g/mol. The zero-order valence-electron chi connectivity index (χ0n) is 18.0. The molecule has 1 aliphatic heterocycles. The van der Waals surface area contributed by atoms with E-state index < -0.39 is 10.0 Å². The molecule has 1 fully saturated rings. The molecule has 0 unspecified atom stereocenters. The van der Waals surface area contributed by atoms with Crippen molar-refractivity contribution in [2.24, 2.45) is 0 Å². The van der Waals surface area contributed by atoms with Crippen molar-refractivity contribution in [3.8, 4) is 11.5 Å².